The predicted molar refractivity (Wildman–Crippen MR) is 78.6 cm³/mol. The van der Waals surface area contributed by atoms with Gasteiger partial charge in [0.1, 0.15) is 0 Å². The second kappa shape index (κ2) is 5.84. The van der Waals surface area contributed by atoms with Crippen LogP contribution in [-0.4, -0.2) is 16.7 Å². The summed E-state index contributed by atoms with van der Waals surface area (Å²) in [6, 6.07) is 5.93. The van der Waals surface area contributed by atoms with Crippen LogP contribution in [0.4, 0.5) is 0 Å². The molecular weight excluding hydrogens is 258 g/mol. The Balaban J connectivity index is 1.92. The average molecular weight is 275 g/mol. The molecule has 2 heterocycles. The molecule has 0 aliphatic heterocycles. The third-order valence-electron chi connectivity index (χ3n) is 3.12. The number of thiophene rings is 1. The molecule has 100 valence electrons. The van der Waals surface area contributed by atoms with E-state index in [-0.39, 0.29) is 5.91 Å². The van der Waals surface area contributed by atoms with Gasteiger partial charge in [-0.3, -0.25) is 4.79 Å². The lowest BCUT2D eigenvalue weighted by Crippen LogP contribution is -2.19. The Bertz CT molecular complexity index is 596. The Morgan fingerprint density at radius 3 is 2.89 bits per heavy atom. The monoisotopic (exact) mass is 275 g/mol. The van der Waals surface area contributed by atoms with E-state index in [0.29, 0.717) is 6.42 Å². The lowest BCUT2D eigenvalue weighted by molar-refractivity contribution is -0.120. The van der Waals surface area contributed by atoms with Crippen molar-refractivity contribution in [3.63, 3.8) is 0 Å². The Morgan fingerprint density at radius 2 is 2.32 bits per heavy atom. The molecule has 2 aromatic heterocycles. The average Bonchev–Trinajstić information content (AvgIpc) is 2.95. The minimum atomic E-state index is -0.0935. The fraction of sp³-hybridized carbons (Fsp3) is 0.286. The number of rotatable bonds is 4. The lowest BCUT2D eigenvalue weighted by Gasteiger charge is -1.99. The van der Waals surface area contributed by atoms with Crippen molar-refractivity contribution in [3.8, 4) is 0 Å². The van der Waals surface area contributed by atoms with Crippen LogP contribution in [0.15, 0.2) is 28.7 Å². The summed E-state index contributed by atoms with van der Waals surface area (Å²) >= 11 is 1.57. The summed E-state index contributed by atoms with van der Waals surface area (Å²) in [5, 5.41) is 5.96. The van der Waals surface area contributed by atoms with E-state index in [0.717, 1.165) is 16.1 Å². The van der Waals surface area contributed by atoms with E-state index in [2.05, 4.69) is 15.1 Å². The third-order valence-corrected chi connectivity index (χ3v) is 4.00. The van der Waals surface area contributed by atoms with Crippen LogP contribution in [0, 0.1) is 13.8 Å². The van der Waals surface area contributed by atoms with Crippen molar-refractivity contribution in [1.29, 1.82) is 0 Å². The van der Waals surface area contributed by atoms with E-state index in [9.17, 15) is 4.79 Å². The first-order valence-corrected chi connectivity index (χ1v) is 6.93. The first kappa shape index (κ1) is 13.5. The highest BCUT2D eigenvalue weighted by Crippen LogP contribution is 2.11. The van der Waals surface area contributed by atoms with Gasteiger partial charge in [-0.25, -0.2) is 5.43 Å². The molecule has 1 amide bonds. The molecule has 4 nitrogen and oxygen atoms in total. The number of amides is 1. The van der Waals surface area contributed by atoms with Crippen LogP contribution in [0.1, 0.15) is 21.8 Å². The molecular formula is C14H17N3OS. The van der Waals surface area contributed by atoms with E-state index in [1.165, 1.54) is 5.69 Å². The molecule has 5 heteroatoms. The smallest absolute Gasteiger partial charge is 0.245 e. The molecule has 0 aliphatic carbocycles. The van der Waals surface area contributed by atoms with Crippen molar-refractivity contribution in [2.75, 3.05) is 0 Å². The molecule has 0 atom stereocenters. The minimum Gasteiger partial charge on any atom is -0.352 e. The molecule has 0 fully saturated rings. The molecule has 19 heavy (non-hydrogen) atoms. The normalized spacial score (nSPS) is 11.1. The zero-order valence-electron chi connectivity index (χ0n) is 11.3. The van der Waals surface area contributed by atoms with Crippen LogP contribution in [0.2, 0.25) is 0 Å². The highest BCUT2D eigenvalue weighted by Gasteiger charge is 2.04. The van der Waals surface area contributed by atoms with Crippen LogP contribution in [-0.2, 0) is 18.3 Å². The highest BCUT2D eigenvalue weighted by molar-refractivity contribution is 7.10. The van der Waals surface area contributed by atoms with Gasteiger partial charge in [0, 0.05) is 28.9 Å². The summed E-state index contributed by atoms with van der Waals surface area (Å²) in [6.45, 7) is 4.07. The van der Waals surface area contributed by atoms with E-state index in [1.807, 2.05) is 44.5 Å². The van der Waals surface area contributed by atoms with Gasteiger partial charge >= 0.3 is 0 Å². The van der Waals surface area contributed by atoms with Crippen molar-refractivity contribution >= 4 is 23.5 Å². The summed E-state index contributed by atoms with van der Waals surface area (Å²) < 4.78 is 2.09. The lowest BCUT2D eigenvalue weighted by atomic mass is 10.3. The molecule has 0 aliphatic rings. The standard InChI is InChI=1S/C14H17N3OS/c1-10-7-12(11(2)17(10)3)9-15-16-14(18)8-13-5-4-6-19-13/h4-7,9H,8H2,1-3H3,(H,16,18)/b15-9-. The van der Waals surface area contributed by atoms with Gasteiger partial charge in [-0.15, -0.1) is 11.3 Å². The van der Waals surface area contributed by atoms with Gasteiger partial charge in [-0.2, -0.15) is 5.10 Å². The second-order valence-electron chi connectivity index (χ2n) is 4.43. The first-order chi connectivity index (χ1) is 9.08. The predicted octanol–water partition coefficient (Wildman–Crippen LogP) is 2.40. The van der Waals surface area contributed by atoms with Crippen molar-refractivity contribution < 1.29 is 4.79 Å². The van der Waals surface area contributed by atoms with Gasteiger partial charge in [0.2, 0.25) is 5.91 Å². The molecule has 1 N–H and O–H groups in total. The van der Waals surface area contributed by atoms with Gasteiger partial charge in [-0.1, -0.05) is 6.07 Å². The first-order valence-electron chi connectivity index (χ1n) is 6.05. The SMILES string of the molecule is Cc1cc(/C=N\NC(=O)Cc2cccs2)c(C)n1C. The van der Waals surface area contributed by atoms with E-state index >= 15 is 0 Å². The number of carbonyl (C=O) groups excluding carboxylic acids is 1. The summed E-state index contributed by atoms with van der Waals surface area (Å²) in [5.41, 5.74) is 5.88. The molecule has 0 radical (unpaired) electrons. The van der Waals surface area contributed by atoms with Crippen molar-refractivity contribution in [2.24, 2.45) is 12.1 Å². The number of hydrogen-bond acceptors (Lipinski definition) is 3. The Kier molecular flexibility index (Phi) is 4.16. The molecule has 0 saturated heterocycles. The molecule has 0 spiro atoms. The zero-order valence-corrected chi connectivity index (χ0v) is 12.1. The van der Waals surface area contributed by atoms with E-state index in [1.54, 1.807) is 17.6 Å². The Labute approximate surface area is 116 Å². The second-order valence-corrected chi connectivity index (χ2v) is 5.47. The number of aromatic nitrogens is 1. The maximum atomic E-state index is 11.6. The maximum absolute atomic E-state index is 11.6. The van der Waals surface area contributed by atoms with Crippen molar-refractivity contribution in [3.05, 3.63) is 45.4 Å². The molecule has 0 saturated carbocycles. The van der Waals surface area contributed by atoms with Gasteiger partial charge in [0.05, 0.1) is 12.6 Å². The Morgan fingerprint density at radius 1 is 1.53 bits per heavy atom. The van der Waals surface area contributed by atoms with E-state index in [4.69, 9.17) is 0 Å². The quantitative estimate of drug-likeness (QED) is 0.676. The number of hydrazone groups is 1. The molecule has 2 aromatic rings. The van der Waals surface area contributed by atoms with Gasteiger partial charge in [-0.05, 0) is 31.4 Å². The largest absolute Gasteiger partial charge is 0.352 e. The fourth-order valence-electron chi connectivity index (χ4n) is 1.80. The van der Waals surface area contributed by atoms with Crippen LogP contribution >= 0.6 is 11.3 Å². The van der Waals surface area contributed by atoms with Gasteiger partial charge < -0.3 is 4.57 Å². The number of hydrogen-bond donors (Lipinski definition) is 1. The topological polar surface area (TPSA) is 46.4 Å². The van der Waals surface area contributed by atoms with Crippen LogP contribution in [0.25, 0.3) is 0 Å². The number of carbonyl (C=O) groups is 1. The minimum absolute atomic E-state index is 0.0935. The maximum Gasteiger partial charge on any atom is 0.245 e. The molecule has 0 unspecified atom stereocenters. The third kappa shape index (κ3) is 3.32. The van der Waals surface area contributed by atoms with Crippen LogP contribution in [0.5, 0.6) is 0 Å². The fourth-order valence-corrected chi connectivity index (χ4v) is 2.50. The zero-order chi connectivity index (χ0) is 13.8. The van der Waals surface area contributed by atoms with Crippen LogP contribution in [0.3, 0.4) is 0 Å². The number of nitrogens with zero attached hydrogens (tertiary/aromatic N) is 2. The summed E-state index contributed by atoms with van der Waals surface area (Å²) in [5.74, 6) is -0.0935. The van der Waals surface area contributed by atoms with Crippen molar-refractivity contribution in [1.82, 2.24) is 9.99 Å². The molecule has 0 aromatic carbocycles. The van der Waals surface area contributed by atoms with Crippen molar-refractivity contribution in [2.45, 2.75) is 20.3 Å². The Hall–Kier alpha value is -1.88. The number of nitrogens with one attached hydrogen (secondary N) is 1. The summed E-state index contributed by atoms with van der Waals surface area (Å²) in [7, 11) is 2.01. The molecule has 2 rings (SSSR count). The number of aryl methyl sites for hydroxylation is 1. The summed E-state index contributed by atoms with van der Waals surface area (Å²) in [4.78, 5) is 12.7. The summed E-state index contributed by atoms with van der Waals surface area (Å²) in [6.07, 6.45) is 2.07. The van der Waals surface area contributed by atoms with Crippen LogP contribution < -0.4 is 5.43 Å². The molecule has 0 bridgehead atoms. The van der Waals surface area contributed by atoms with E-state index < -0.39 is 0 Å². The van der Waals surface area contributed by atoms with Gasteiger partial charge in [0.15, 0.2) is 0 Å². The highest BCUT2D eigenvalue weighted by atomic mass is 32.1. The van der Waals surface area contributed by atoms with Gasteiger partial charge in [0.25, 0.3) is 0 Å².